The van der Waals surface area contributed by atoms with E-state index >= 15 is 0 Å². The van der Waals surface area contributed by atoms with Crippen LogP contribution in [0.1, 0.15) is 13.8 Å². The highest BCUT2D eigenvalue weighted by Crippen LogP contribution is 2.16. The first kappa shape index (κ1) is 11.5. The van der Waals surface area contributed by atoms with E-state index in [-0.39, 0.29) is 5.92 Å². The van der Waals surface area contributed by atoms with Crippen molar-refractivity contribution < 1.29 is 0 Å². The minimum Gasteiger partial charge on any atom is -0.373 e. The van der Waals surface area contributed by atoms with Crippen molar-refractivity contribution >= 4 is 5.69 Å². The van der Waals surface area contributed by atoms with Crippen LogP contribution < -0.4 is 4.90 Å². The van der Waals surface area contributed by atoms with Crippen molar-refractivity contribution in [3.8, 4) is 6.07 Å². The molecule has 0 fully saturated rings. The lowest BCUT2D eigenvalue weighted by molar-refractivity contribution is 0.477. The maximum Gasteiger partial charge on any atom is 0.0677 e. The SMILES string of the molecule is CC(C)C(C#N)CN(C)c1ccncc1. The fourth-order valence-corrected chi connectivity index (χ4v) is 1.40. The Hall–Kier alpha value is -1.56. The summed E-state index contributed by atoms with van der Waals surface area (Å²) in [6.45, 7) is 4.92. The van der Waals surface area contributed by atoms with Crippen molar-refractivity contribution in [2.45, 2.75) is 13.8 Å². The summed E-state index contributed by atoms with van der Waals surface area (Å²) < 4.78 is 0. The Bertz CT molecular complexity index is 326. The Morgan fingerprint density at radius 2 is 2.00 bits per heavy atom. The maximum absolute atomic E-state index is 9.00. The van der Waals surface area contributed by atoms with Gasteiger partial charge in [-0.25, -0.2) is 0 Å². The van der Waals surface area contributed by atoms with E-state index < -0.39 is 0 Å². The molecule has 1 heterocycles. The van der Waals surface area contributed by atoms with Crippen LogP contribution in [-0.2, 0) is 0 Å². The monoisotopic (exact) mass is 203 g/mol. The van der Waals surface area contributed by atoms with E-state index in [1.54, 1.807) is 12.4 Å². The Morgan fingerprint density at radius 3 is 2.47 bits per heavy atom. The molecule has 0 aliphatic carbocycles. The molecule has 1 aromatic heterocycles. The molecule has 0 amide bonds. The van der Waals surface area contributed by atoms with Crippen LogP contribution in [0.15, 0.2) is 24.5 Å². The molecule has 0 saturated carbocycles. The van der Waals surface area contributed by atoms with E-state index in [1.165, 1.54) is 0 Å². The van der Waals surface area contributed by atoms with Crippen molar-refractivity contribution in [3.63, 3.8) is 0 Å². The Kier molecular flexibility index (Phi) is 4.11. The summed E-state index contributed by atoms with van der Waals surface area (Å²) in [5.41, 5.74) is 1.10. The van der Waals surface area contributed by atoms with E-state index in [0.717, 1.165) is 12.2 Å². The molecule has 1 atom stereocenters. The summed E-state index contributed by atoms with van der Waals surface area (Å²) in [5.74, 6) is 0.461. The Balaban J connectivity index is 2.64. The van der Waals surface area contributed by atoms with Crippen molar-refractivity contribution in [3.05, 3.63) is 24.5 Å². The topological polar surface area (TPSA) is 39.9 Å². The van der Waals surface area contributed by atoms with Gasteiger partial charge in [-0.2, -0.15) is 5.26 Å². The summed E-state index contributed by atoms with van der Waals surface area (Å²) in [7, 11) is 2.00. The lowest BCUT2D eigenvalue weighted by Gasteiger charge is -2.23. The highest BCUT2D eigenvalue weighted by molar-refractivity contribution is 5.43. The summed E-state index contributed by atoms with van der Waals surface area (Å²) in [6, 6.07) is 6.25. The zero-order chi connectivity index (χ0) is 11.3. The second kappa shape index (κ2) is 5.35. The highest BCUT2D eigenvalue weighted by atomic mass is 15.1. The molecule has 0 aromatic carbocycles. The molecule has 0 aliphatic rings. The summed E-state index contributed by atoms with van der Waals surface area (Å²) >= 11 is 0. The fourth-order valence-electron chi connectivity index (χ4n) is 1.40. The van der Waals surface area contributed by atoms with Gasteiger partial charge in [0.25, 0.3) is 0 Å². The number of hydrogen-bond acceptors (Lipinski definition) is 3. The van der Waals surface area contributed by atoms with Gasteiger partial charge in [0, 0.05) is 31.7 Å². The standard InChI is InChI=1S/C12H17N3/c1-10(2)11(8-13)9-15(3)12-4-6-14-7-5-12/h4-7,10-11H,9H2,1-3H3. The van der Waals surface area contributed by atoms with E-state index in [9.17, 15) is 0 Å². The molecule has 1 unspecified atom stereocenters. The number of hydrogen-bond donors (Lipinski definition) is 0. The lowest BCUT2D eigenvalue weighted by atomic mass is 9.97. The number of aromatic nitrogens is 1. The van der Waals surface area contributed by atoms with Gasteiger partial charge in [0.15, 0.2) is 0 Å². The first-order chi connectivity index (χ1) is 7.15. The molecule has 3 heteroatoms. The predicted molar refractivity (Wildman–Crippen MR) is 61.4 cm³/mol. The molecule has 0 saturated heterocycles. The van der Waals surface area contributed by atoms with Crippen molar-refractivity contribution in [1.29, 1.82) is 5.26 Å². The summed E-state index contributed by atoms with van der Waals surface area (Å²) in [6.07, 6.45) is 3.53. The quantitative estimate of drug-likeness (QED) is 0.754. The van der Waals surface area contributed by atoms with Crippen molar-refractivity contribution in [1.82, 2.24) is 4.98 Å². The van der Waals surface area contributed by atoms with Crippen LogP contribution in [0.2, 0.25) is 0 Å². The average Bonchev–Trinajstić information content (AvgIpc) is 2.26. The zero-order valence-electron chi connectivity index (χ0n) is 9.51. The molecule has 15 heavy (non-hydrogen) atoms. The molecule has 3 nitrogen and oxygen atoms in total. The van der Waals surface area contributed by atoms with Crippen LogP contribution in [0, 0.1) is 23.2 Å². The minimum absolute atomic E-state index is 0.0724. The number of nitriles is 1. The number of nitrogens with zero attached hydrogens (tertiary/aromatic N) is 3. The first-order valence-electron chi connectivity index (χ1n) is 5.16. The normalized spacial score (nSPS) is 12.2. The van der Waals surface area contributed by atoms with Crippen molar-refractivity contribution in [2.75, 3.05) is 18.5 Å². The molecular formula is C12H17N3. The van der Waals surface area contributed by atoms with E-state index in [4.69, 9.17) is 5.26 Å². The van der Waals surface area contributed by atoms with Gasteiger partial charge in [-0.05, 0) is 18.1 Å². The van der Waals surface area contributed by atoms with Crippen LogP contribution in [0.3, 0.4) is 0 Å². The van der Waals surface area contributed by atoms with Gasteiger partial charge in [-0.1, -0.05) is 13.8 Å². The minimum atomic E-state index is 0.0724. The van der Waals surface area contributed by atoms with E-state index in [2.05, 4.69) is 29.8 Å². The third-order valence-electron chi connectivity index (χ3n) is 2.54. The third kappa shape index (κ3) is 3.25. The molecule has 0 radical (unpaired) electrons. The largest absolute Gasteiger partial charge is 0.373 e. The zero-order valence-corrected chi connectivity index (χ0v) is 9.51. The first-order valence-corrected chi connectivity index (χ1v) is 5.16. The Morgan fingerprint density at radius 1 is 1.40 bits per heavy atom. The van der Waals surface area contributed by atoms with Crippen LogP contribution in [-0.4, -0.2) is 18.6 Å². The van der Waals surface area contributed by atoms with Gasteiger partial charge in [0.1, 0.15) is 0 Å². The van der Waals surface area contributed by atoms with Gasteiger partial charge >= 0.3 is 0 Å². The van der Waals surface area contributed by atoms with Gasteiger partial charge in [0.05, 0.1) is 12.0 Å². The predicted octanol–water partition coefficient (Wildman–Crippen LogP) is 2.31. The Labute approximate surface area is 91.4 Å². The van der Waals surface area contributed by atoms with E-state index in [1.807, 2.05) is 19.2 Å². The average molecular weight is 203 g/mol. The molecule has 1 rings (SSSR count). The molecule has 0 spiro atoms. The maximum atomic E-state index is 9.00. The van der Waals surface area contributed by atoms with Gasteiger partial charge < -0.3 is 4.90 Å². The number of pyridine rings is 1. The molecule has 0 N–H and O–H groups in total. The van der Waals surface area contributed by atoms with Gasteiger partial charge in [0.2, 0.25) is 0 Å². The van der Waals surface area contributed by atoms with E-state index in [0.29, 0.717) is 5.92 Å². The molecular weight excluding hydrogens is 186 g/mol. The molecule has 80 valence electrons. The molecule has 0 aliphatic heterocycles. The van der Waals surface area contributed by atoms with Gasteiger partial charge in [-0.3, -0.25) is 4.98 Å². The number of rotatable bonds is 4. The van der Waals surface area contributed by atoms with Crippen LogP contribution in [0.25, 0.3) is 0 Å². The smallest absolute Gasteiger partial charge is 0.0677 e. The summed E-state index contributed by atoms with van der Waals surface area (Å²) in [4.78, 5) is 6.06. The molecule has 1 aromatic rings. The lowest BCUT2D eigenvalue weighted by Crippen LogP contribution is -2.27. The van der Waals surface area contributed by atoms with Crippen LogP contribution >= 0.6 is 0 Å². The second-order valence-corrected chi connectivity index (χ2v) is 4.07. The third-order valence-corrected chi connectivity index (χ3v) is 2.54. The molecule has 0 bridgehead atoms. The number of anilines is 1. The second-order valence-electron chi connectivity index (χ2n) is 4.07. The van der Waals surface area contributed by atoms with Crippen LogP contribution in [0.4, 0.5) is 5.69 Å². The van der Waals surface area contributed by atoms with Crippen LogP contribution in [0.5, 0.6) is 0 Å². The highest BCUT2D eigenvalue weighted by Gasteiger charge is 2.14. The van der Waals surface area contributed by atoms with Gasteiger partial charge in [-0.15, -0.1) is 0 Å². The summed E-state index contributed by atoms with van der Waals surface area (Å²) in [5, 5.41) is 9.00. The van der Waals surface area contributed by atoms with Crippen molar-refractivity contribution in [2.24, 2.45) is 11.8 Å². The fraction of sp³-hybridized carbons (Fsp3) is 0.500.